The van der Waals surface area contributed by atoms with Gasteiger partial charge in [0.2, 0.25) is 11.8 Å². The summed E-state index contributed by atoms with van der Waals surface area (Å²) in [6, 6.07) is 6.15. The van der Waals surface area contributed by atoms with Crippen LogP contribution in [-0.4, -0.2) is 30.3 Å². The van der Waals surface area contributed by atoms with Gasteiger partial charge in [0.1, 0.15) is 5.82 Å². The van der Waals surface area contributed by atoms with Gasteiger partial charge in [-0.15, -0.1) is 0 Å². The minimum Gasteiger partial charge on any atom is -0.368 e. The van der Waals surface area contributed by atoms with Gasteiger partial charge in [-0.25, -0.2) is 4.39 Å². The van der Waals surface area contributed by atoms with Gasteiger partial charge in [0.15, 0.2) is 0 Å². The molecule has 0 spiro atoms. The molecule has 0 saturated heterocycles. The SMILES string of the molecule is C[C@H](CC(=O)N(C)CC(N)=O)c1cccc(F)c1. The molecular weight excluding hydrogens is 235 g/mol. The number of nitrogens with two attached hydrogens (primary N) is 1. The highest BCUT2D eigenvalue weighted by molar-refractivity contribution is 5.83. The lowest BCUT2D eigenvalue weighted by Crippen LogP contribution is -2.35. The Balaban J connectivity index is 2.62. The number of nitrogens with zero attached hydrogens (tertiary/aromatic N) is 1. The summed E-state index contributed by atoms with van der Waals surface area (Å²) in [4.78, 5) is 23.7. The van der Waals surface area contributed by atoms with E-state index >= 15 is 0 Å². The molecule has 5 heteroatoms. The van der Waals surface area contributed by atoms with Gasteiger partial charge in [-0.2, -0.15) is 0 Å². The van der Waals surface area contributed by atoms with E-state index < -0.39 is 5.91 Å². The van der Waals surface area contributed by atoms with Crippen molar-refractivity contribution in [2.24, 2.45) is 5.73 Å². The third-order valence-electron chi connectivity index (χ3n) is 2.72. The minimum absolute atomic E-state index is 0.102. The molecule has 0 unspecified atom stereocenters. The predicted molar refractivity (Wildman–Crippen MR) is 66.3 cm³/mol. The first-order valence-electron chi connectivity index (χ1n) is 5.68. The number of likely N-dealkylation sites (N-methyl/N-ethyl adjacent to an activating group) is 1. The van der Waals surface area contributed by atoms with Gasteiger partial charge < -0.3 is 10.6 Å². The summed E-state index contributed by atoms with van der Waals surface area (Å²) in [6.45, 7) is 1.74. The highest BCUT2D eigenvalue weighted by Crippen LogP contribution is 2.20. The fourth-order valence-electron chi connectivity index (χ4n) is 1.67. The van der Waals surface area contributed by atoms with E-state index in [1.165, 1.54) is 24.1 Å². The zero-order valence-corrected chi connectivity index (χ0v) is 10.5. The Morgan fingerprint density at radius 3 is 2.67 bits per heavy atom. The topological polar surface area (TPSA) is 63.4 Å². The molecule has 98 valence electrons. The predicted octanol–water partition coefficient (Wildman–Crippen LogP) is 1.26. The van der Waals surface area contributed by atoms with Crippen molar-refractivity contribution in [3.8, 4) is 0 Å². The smallest absolute Gasteiger partial charge is 0.237 e. The first-order valence-corrected chi connectivity index (χ1v) is 5.68. The number of rotatable bonds is 5. The largest absolute Gasteiger partial charge is 0.368 e. The van der Waals surface area contributed by atoms with E-state index in [1.807, 2.05) is 6.92 Å². The molecule has 0 aliphatic carbocycles. The summed E-state index contributed by atoms with van der Waals surface area (Å²) in [5, 5.41) is 0. The van der Waals surface area contributed by atoms with Crippen LogP contribution in [0.1, 0.15) is 24.8 Å². The van der Waals surface area contributed by atoms with Crippen LogP contribution in [-0.2, 0) is 9.59 Å². The summed E-state index contributed by atoms with van der Waals surface area (Å²) in [5.74, 6) is -1.17. The van der Waals surface area contributed by atoms with Crippen molar-refractivity contribution in [2.75, 3.05) is 13.6 Å². The number of halogens is 1. The van der Waals surface area contributed by atoms with E-state index in [-0.39, 0.29) is 30.6 Å². The quantitative estimate of drug-likeness (QED) is 0.857. The van der Waals surface area contributed by atoms with Gasteiger partial charge in [0.25, 0.3) is 0 Å². The highest BCUT2D eigenvalue weighted by atomic mass is 19.1. The van der Waals surface area contributed by atoms with Crippen LogP contribution >= 0.6 is 0 Å². The normalized spacial score (nSPS) is 11.9. The lowest BCUT2D eigenvalue weighted by Gasteiger charge is -2.18. The van der Waals surface area contributed by atoms with Crippen molar-refractivity contribution >= 4 is 11.8 Å². The first kappa shape index (κ1) is 14.2. The van der Waals surface area contributed by atoms with E-state index in [0.29, 0.717) is 0 Å². The fraction of sp³-hybridized carbons (Fsp3) is 0.385. The number of carbonyl (C=O) groups is 2. The maximum Gasteiger partial charge on any atom is 0.237 e. The molecule has 18 heavy (non-hydrogen) atoms. The summed E-state index contributed by atoms with van der Waals surface area (Å²) in [6.07, 6.45) is 0.216. The molecule has 2 N–H and O–H groups in total. The third kappa shape index (κ3) is 4.16. The van der Waals surface area contributed by atoms with Crippen molar-refractivity contribution in [1.82, 2.24) is 4.90 Å². The van der Waals surface area contributed by atoms with Gasteiger partial charge >= 0.3 is 0 Å². The lowest BCUT2D eigenvalue weighted by atomic mass is 9.97. The molecule has 0 aliphatic rings. The Bertz CT molecular complexity index is 448. The lowest BCUT2D eigenvalue weighted by molar-refractivity contribution is -0.134. The molecule has 1 rings (SSSR count). The molecule has 1 atom stereocenters. The van der Waals surface area contributed by atoms with Crippen LogP contribution in [0.3, 0.4) is 0 Å². The average molecular weight is 252 g/mol. The molecule has 0 aliphatic heterocycles. The van der Waals surface area contributed by atoms with Crippen LogP contribution in [0.2, 0.25) is 0 Å². The molecule has 1 aromatic carbocycles. The minimum atomic E-state index is -0.552. The molecule has 0 fully saturated rings. The van der Waals surface area contributed by atoms with Crippen LogP contribution in [0.25, 0.3) is 0 Å². The Morgan fingerprint density at radius 2 is 2.11 bits per heavy atom. The monoisotopic (exact) mass is 252 g/mol. The maximum atomic E-state index is 13.0. The average Bonchev–Trinajstić information content (AvgIpc) is 2.27. The van der Waals surface area contributed by atoms with E-state index in [9.17, 15) is 14.0 Å². The summed E-state index contributed by atoms with van der Waals surface area (Å²) in [7, 11) is 1.52. The summed E-state index contributed by atoms with van der Waals surface area (Å²) in [5.41, 5.74) is 5.77. The van der Waals surface area contributed by atoms with E-state index in [2.05, 4.69) is 0 Å². The van der Waals surface area contributed by atoms with Crippen LogP contribution in [0.4, 0.5) is 4.39 Å². The molecular formula is C13H17FN2O2. The van der Waals surface area contributed by atoms with Crippen LogP contribution in [0, 0.1) is 5.82 Å². The van der Waals surface area contributed by atoms with Crippen molar-refractivity contribution in [3.63, 3.8) is 0 Å². The first-order chi connectivity index (χ1) is 8.40. The Hall–Kier alpha value is -1.91. The summed E-state index contributed by atoms with van der Waals surface area (Å²) >= 11 is 0. The Morgan fingerprint density at radius 1 is 1.44 bits per heavy atom. The zero-order valence-electron chi connectivity index (χ0n) is 10.5. The maximum absolute atomic E-state index is 13.0. The van der Waals surface area contributed by atoms with Crippen molar-refractivity contribution in [2.45, 2.75) is 19.3 Å². The van der Waals surface area contributed by atoms with Crippen LogP contribution < -0.4 is 5.73 Å². The van der Waals surface area contributed by atoms with Crippen LogP contribution in [0.15, 0.2) is 24.3 Å². The van der Waals surface area contributed by atoms with Gasteiger partial charge in [0, 0.05) is 13.5 Å². The highest BCUT2D eigenvalue weighted by Gasteiger charge is 2.16. The van der Waals surface area contributed by atoms with Gasteiger partial charge in [-0.05, 0) is 23.6 Å². The van der Waals surface area contributed by atoms with Crippen LogP contribution in [0.5, 0.6) is 0 Å². The molecule has 0 aromatic heterocycles. The molecule has 2 amide bonds. The van der Waals surface area contributed by atoms with Gasteiger partial charge in [-0.1, -0.05) is 19.1 Å². The number of carbonyl (C=O) groups excluding carboxylic acids is 2. The summed E-state index contributed by atoms with van der Waals surface area (Å²) < 4.78 is 13.0. The molecule has 1 aromatic rings. The van der Waals surface area contributed by atoms with E-state index in [0.717, 1.165) is 5.56 Å². The van der Waals surface area contributed by atoms with E-state index in [1.54, 1.807) is 12.1 Å². The number of hydrogen-bond donors (Lipinski definition) is 1. The second kappa shape index (κ2) is 6.14. The molecule has 4 nitrogen and oxygen atoms in total. The molecule has 0 bridgehead atoms. The standard InChI is InChI=1S/C13H17FN2O2/c1-9(10-4-3-5-11(14)7-10)6-13(18)16(2)8-12(15)17/h3-5,7,9H,6,8H2,1-2H3,(H2,15,17)/t9-/m1/s1. The van der Waals surface area contributed by atoms with E-state index in [4.69, 9.17) is 5.73 Å². The Kier molecular flexibility index (Phi) is 4.83. The van der Waals surface area contributed by atoms with Gasteiger partial charge in [-0.3, -0.25) is 9.59 Å². The molecule has 0 saturated carbocycles. The zero-order chi connectivity index (χ0) is 13.7. The number of benzene rings is 1. The molecule has 0 heterocycles. The van der Waals surface area contributed by atoms with Crippen molar-refractivity contribution in [1.29, 1.82) is 0 Å². The second-order valence-corrected chi connectivity index (χ2v) is 4.38. The Labute approximate surface area is 106 Å². The number of primary amides is 1. The second-order valence-electron chi connectivity index (χ2n) is 4.38. The van der Waals surface area contributed by atoms with Gasteiger partial charge in [0.05, 0.1) is 6.54 Å². The van der Waals surface area contributed by atoms with Crippen molar-refractivity contribution < 1.29 is 14.0 Å². The number of hydrogen-bond acceptors (Lipinski definition) is 2. The molecule has 0 radical (unpaired) electrons. The fourth-order valence-corrected chi connectivity index (χ4v) is 1.67. The third-order valence-corrected chi connectivity index (χ3v) is 2.72. The number of amides is 2. The van der Waals surface area contributed by atoms with Crippen molar-refractivity contribution in [3.05, 3.63) is 35.6 Å².